The van der Waals surface area contributed by atoms with Crippen LogP contribution in [0.1, 0.15) is 21.8 Å². The summed E-state index contributed by atoms with van der Waals surface area (Å²) in [4.78, 5) is 18.8. The monoisotopic (exact) mass is 225 g/mol. The fraction of sp³-hybridized carbons (Fsp3) is 0.600. The summed E-state index contributed by atoms with van der Waals surface area (Å²) in [6.07, 6.45) is 1.03. The van der Waals surface area contributed by atoms with Crippen LogP contribution in [0.15, 0.2) is 5.51 Å². The van der Waals surface area contributed by atoms with Gasteiger partial charge in [0, 0.05) is 13.1 Å². The van der Waals surface area contributed by atoms with Crippen molar-refractivity contribution in [3.8, 4) is 0 Å². The van der Waals surface area contributed by atoms with E-state index in [1.807, 2.05) is 11.8 Å². The quantitative estimate of drug-likeness (QED) is 0.812. The van der Waals surface area contributed by atoms with Crippen molar-refractivity contribution in [3.05, 3.63) is 16.1 Å². The Morgan fingerprint density at radius 3 is 3.13 bits per heavy atom. The molecule has 2 N–H and O–H groups in total. The van der Waals surface area contributed by atoms with Crippen LogP contribution in [0.2, 0.25) is 0 Å². The minimum absolute atomic E-state index is 0.117. The van der Waals surface area contributed by atoms with Gasteiger partial charge in [0.1, 0.15) is 4.88 Å². The summed E-state index contributed by atoms with van der Waals surface area (Å²) in [5, 5.41) is 0. The van der Waals surface area contributed by atoms with Crippen LogP contribution in [0, 0.1) is 12.8 Å². The highest BCUT2D eigenvalue weighted by atomic mass is 32.1. The Balaban J connectivity index is 2.07. The predicted octanol–water partition coefficient (Wildman–Crippen LogP) is 0.872. The molecule has 1 unspecified atom stereocenters. The zero-order chi connectivity index (χ0) is 10.8. The summed E-state index contributed by atoms with van der Waals surface area (Å²) in [5.74, 6) is 0.591. The van der Waals surface area contributed by atoms with Gasteiger partial charge < -0.3 is 10.6 Å². The maximum Gasteiger partial charge on any atom is 0.265 e. The second-order valence-corrected chi connectivity index (χ2v) is 4.76. The first-order valence-electron chi connectivity index (χ1n) is 5.11. The molecule has 0 saturated carbocycles. The van der Waals surface area contributed by atoms with E-state index in [2.05, 4.69) is 4.98 Å². The fourth-order valence-electron chi connectivity index (χ4n) is 1.86. The number of rotatable bonds is 2. The highest BCUT2D eigenvalue weighted by Crippen LogP contribution is 2.21. The minimum atomic E-state index is 0.117. The van der Waals surface area contributed by atoms with Gasteiger partial charge in [-0.25, -0.2) is 4.98 Å². The first-order valence-corrected chi connectivity index (χ1v) is 5.99. The number of likely N-dealkylation sites (tertiary alicyclic amines) is 1. The lowest BCUT2D eigenvalue weighted by Gasteiger charge is -2.15. The lowest BCUT2D eigenvalue weighted by Crippen LogP contribution is -2.29. The van der Waals surface area contributed by atoms with Crippen molar-refractivity contribution < 1.29 is 4.79 Å². The number of aromatic nitrogens is 1. The number of carbonyl (C=O) groups excluding carboxylic acids is 1. The van der Waals surface area contributed by atoms with Crippen molar-refractivity contribution in [2.45, 2.75) is 13.3 Å². The molecule has 0 aromatic carbocycles. The molecule has 1 aliphatic rings. The van der Waals surface area contributed by atoms with E-state index in [4.69, 9.17) is 5.73 Å². The summed E-state index contributed by atoms with van der Waals surface area (Å²) >= 11 is 1.42. The average Bonchev–Trinajstić information content (AvgIpc) is 2.84. The molecule has 1 saturated heterocycles. The summed E-state index contributed by atoms with van der Waals surface area (Å²) in [7, 11) is 0. The van der Waals surface area contributed by atoms with Crippen LogP contribution >= 0.6 is 11.3 Å². The van der Waals surface area contributed by atoms with Crippen LogP contribution in [0.5, 0.6) is 0 Å². The third-order valence-electron chi connectivity index (χ3n) is 2.85. The Morgan fingerprint density at radius 1 is 1.80 bits per heavy atom. The highest BCUT2D eigenvalue weighted by Gasteiger charge is 2.27. The number of amides is 1. The number of carbonyl (C=O) groups is 1. The molecule has 1 aromatic rings. The van der Waals surface area contributed by atoms with Gasteiger partial charge in [-0.1, -0.05) is 0 Å². The summed E-state index contributed by atoms with van der Waals surface area (Å²) in [5.41, 5.74) is 8.15. The van der Waals surface area contributed by atoms with E-state index in [1.54, 1.807) is 5.51 Å². The van der Waals surface area contributed by atoms with Gasteiger partial charge in [0.25, 0.3) is 5.91 Å². The van der Waals surface area contributed by atoms with Gasteiger partial charge in [-0.3, -0.25) is 4.79 Å². The van der Waals surface area contributed by atoms with Gasteiger partial charge in [-0.2, -0.15) is 0 Å². The number of aryl methyl sites for hydroxylation is 1. The smallest absolute Gasteiger partial charge is 0.265 e. The van der Waals surface area contributed by atoms with Crippen molar-refractivity contribution in [2.24, 2.45) is 11.7 Å². The maximum absolute atomic E-state index is 12.0. The Hall–Kier alpha value is -0.940. The zero-order valence-electron chi connectivity index (χ0n) is 8.77. The van der Waals surface area contributed by atoms with Gasteiger partial charge >= 0.3 is 0 Å². The van der Waals surface area contributed by atoms with Crippen molar-refractivity contribution in [1.29, 1.82) is 0 Å². The molecule has 1 amide bonds. The van der Waals surface area contributed by atoms with Crippen LogP contribution in [-0.2, 0) is 0 Å². The number of nitrogens with two attached hydrogens (primary N) is 1. The Bertz CT molecular complexity index is 363. The summed E-state index contributed by atoms with van der Waals surface area (Å²) < 4.78 is 0. The molecule has 0 aliphatic carbocycles. The average molecular weight is 225 g/mol. The molecule has 0 spiro atoms. The molecule has 15 heavy (non-hydrogen) atoms. The standard InChI is InChI=1S/C10H15N3OS/c1-7-9(15-6-12-7)10(14)13-3-2-8(4-11)5-13/h6,8H,2-5,11H2,1H3. The summed E-state index contributed by atoms with van der Waals surface area (Å²) in [6, 6.07) is 0. The highest BCUT2D eigenvalue weighted by molar-refractivity contribution is 7.11. The molecule has 2 heterocycles. The first-order chi connectivity index (χ1) is 7.22. The number of hydrogen-bond acceptors (Lipinski definition) is 4. The molecule has 82 valence electrons. The van der Waals surface area contributed by atoms with Crippen LogP contribution in [-0.4, -0.2) is 35.4 Å². The molecule has 4 nitrogen and oxygen atoms in total. The normalized spacial score (nSPS) is 20.9. The molecule has 0 radical (unpaired) electrons. The Morgan fingerprint density at radius 2 is 2.60 bits per heavy atom. The van der Waals surface area contributed by atoms with E-state index in [1.165, 1.54) is 11.3 Å². The molecule has 1 fully saturated rings. The third kappa shape index (κ3) is 2.03. The summed E-state index contributed by atoms with van der Waals surface area (Å²) in [6.45, 7) is 4.18. The molecule has 0 bridgehead atoms. The van der Waals surface area contributed by atoms with Crippen LogP contribution in [0.3, 0.4) is 0 Å². The first kappa shape index (κ1) is 10.6. The lowest BCUT2D eigenvalue weighted by atomic mass is 10.1. The van der Waals surface area contributed by atoms with Gasteiger partial charge in [-0.15, -0.1) is 11.3 Å². The van der Waals surface area contributed by atoms with E-state index < -0.39 is 0 Å². The van der Waals surface area contributed by atoms with E-state index in [-0.39, 0.29) is 5.91 Å². The zero-order valence-corrected chi connectivity index (χ0v) is 9.59. The molecule has 1 aromatic heterocycles. The van der Waals surface area contributed by atoms with Crippen molar-refractivity contribution in [2.75, 3.05) is 19.6 Å². The molecule has 5 heteroatoms. The van der Waals surface area contributed by atoms with Crippen molar-refractivity contribution in [1.82, 2.24) is 9.88 Å². The number of nitrogens with zero attached hydrogens (tertiary/aromatic N) is 2. The minimum Gasteiger partial charge on any atom is -0.338 e. The van der Waals surface area contributed by atoms with E-state index >= 15 is 0 Å². The lowest BCUT2D eigenvalue weighted by molar-refractivity contribution is 0.0791. The Labute approximate surface area is 93.1 Å². The molecular formula is C10H15N3OS. The topological polar surface area (TPSA) is 59.2 Å². The predicted molar refractivity (Wildman–Crippen MR) is 59.9 cm³/mol. The van der Waals surface area contributed by atoms with Crippen molar-refractivity contribution in [3.63, 3.8) is 0 Å². The number of thiazole rings is 1. The molecular weight excluding hydrogens is 210 g/mol. The van der Waals surface area contributed by atoms with Gasteiger partial charge in [-0.05, 0) is 25.8 Å². The van der Waals surface area contributed by atoms with Gasteiger partial charge in [0.15, 0.2) is 0 Å². The van der Waals surface area contributed by atoms with Gasteiger partial charge in [0.2, 0.25) is 0 Å². The van der Waals surface area contributed by atoms with E-state index in [0.29, 0.717) is 12.5 Å². The van der Waals surface area contributed by atoms with Gasteiger partial charge in [0.05, 0.1) is 11.2 Å². The second kappa shape index (κ2) is 4.28. The third-order valence-corrected chi connectivity index (χ3v) is 3.76. The van der Waals surface area contributed by atoms with Crippen LogP contribution in [0.4, 0.5) is 0 Å². The largest absolute Gasteiger partial charge is 0.338 e. The SMILES string of the molecule is Cc1ncsc1C(=O)N1CCC(CN)C1. The number of hydrogen-bond donors (Lipinski definition) is 1. The van der Waals surface area contributed by atoms with Crippen LogP contribution in [0.25, 0.3) is 0 Å². The molecule has 1 aliphatic heterocycles. The molecule has 2 rings (SSSR count). The molecule has 1 atom stereocenters. The van der Waals surface area contributed by atoms with Crippen molar-refractivity contribution >= 4 is 17.2 Å². The van der Waals surface area contributed by atoms with E-state index in [9.17, 15) is 4.79 Å². The second-order valence-electron chi connectivity index (χ2n) is 3.91. The fourth-order valence-corrected chi connectivity index (χ4v) is 2.63. The Kier molecular flexibility index (Phi) is 3.02. The maximum atomic E-state index is 12.0. The van der Waals surface area contributed by atoms with Crippen LogP contribution < -0.4 is 5.73 Å². The van der Waals surface area contributed by atoms with E-state index in [0.717, 1.165) is 30.1 Å².